The first-order chi connectivity index (χ1) is 13.9. The number of carboxylic acid groups (broad SMARTS) is 1. The van der Waals surface area contributed by atoms with E-state index < -0.39 is 59.0 Å². The number of aliphatic carboxylic acids is 1. The molecule has 30 heavy (non-hydrogen) atoms. The van der Waals surface area contributed by atoms with Crippen LogP contribution in [0.3, 0.4) is 0 Å². The number of carbonyl (C=O) groups is 2. The maximum atomic E-state index is 14.3. The second-order valence-corrected chi connectivity index (χ2v) is 6.40. The summed E-state index contributed by atoms with van der Waals surface area (Å²) >= 11 is 0. The van der Waals surface area contributed by atoms with Gasteiger partial charge in [-0.15, -0.1) is 0 Å². The lowest BCUT2D eigenvalue weighted by molar-refractivity contribution is -0.145. The molecule has 0 aliphatic carbocycles. The van der Waals surface area contributed by atoms with Crippen molar-refractivity contribution in [2.75, 3.05) is 0 Å². The first-order valence-electron chi connectivity index (χ1n) is 8.49. The van der Waals surface area contributed by atoms with Crippen molar-refractivity contribution in [3.63, 3.8) is 0 Å². The fourth-order valence-electron chi connectivity index (χ4n) is 2.74. The van der Waals surface area contributed by atoms with Crippen LogP contribution in [0.5, 0.6) is 0 Å². The number of nitrogens with one attached hydrogen (secondary N) is 1. The largest absolute Gasteiger partial charge is 0.479 e. The van der Waals surface area contributed by atoms with Crippen LogP contribution >= 0.6 is 0 Å². The Morgan fingerprint density at radius 3 is 2.20 bits per heavy atom. The average molecular weight is 432 g/mol. The Morgan fingerprint density at radius 2 is 1.67 bits per heavy atom. The SMILES string of the molecule is N[C@H](Cc1ccccc1)[C@H](O)C(=O)N[C@@H](C(=O)O)c1ccc(F)c(C(F)(F)F)c1F. The fourth-order valence-corrected chi connectivity index (χ4v) is 2.74. The molecule has 0 bridgehead atoms. The maximum absolute atomic E-state index is 14.3. The van der Waals surface area contributed by atoms with Gasteiger partial charge in [-0.25, -0.2) is 13.6 Å². The lowest BCUT2D eigenvalue weighted by atomic mass is 9.99. The Hall–Kier alpha value is -3.05. The lowest BCUT2D eigenvalue weighted by Crippen LogP contribution is -2.49. The number of aliphatic hydroxyl groups is 1. The molecule has 2 aromatic rings. The summed E-state index contributed by atoms with van der Waals surface area (Å²) in [7, 11) is 0. The molecular weight excluding hydrogens is 415 g/mol. The van der Waals surface area contributed by atoms with Crippen LogP contribution in [0.25, 0.3) is 0 Å². The number of alkyl halides is 3. The Balaban J connectivity index is 2.25. The summed E-state index contributed by atoms with van der Waals surface area (Å²) in [6, 6.07) is 5.62. The highest BCUT2D eigenvalue weighted by Crippen LogP contribution is 2.36. The molecule has 0 unspecified atom stereocenters. The van der Waals surface area contributed by atoms with E-state index in [1.165, 1.54) is 0 Å². The first kappa shape index (κ1) is 23.2. The molecule has 0 radical (unpaired) electrons. The summed E-state index contributed by atoms with van der Waals surface area (Å²) in [6.07, 6.45) is -7.36. The Kier molecular flexibility index (Phi) is 7.11. The predicted molar refractivity (Wildman–Crippen MR) is 94.0 cm³/mol. The second kappa shape index (κ2) is 9.18. The normalized spacial score (nSPS) is 14.6. The van der Waals surface area contributed by atoms with Gasteiger partial charge in [-0.3, -0.25) is 4.79 Å². The number of aliphatic hydroxyl groups excluding tert-OH is 1. The van der Waals surface area contributed by atoms with Crippen LogP contribution in [-0.4, -0.2) is 34.2 Å². The molecule has 6 nitrogen and oxygen atoms in total. The molecular formula is C19H17F5N2O4. The number of carbonyl (C=O) groups excluding carboxylic acids is 1. The molecule has 2 aromatic carbocycles. The van der Waals surface area contributed by atoms with E-state index in [0.29, 0.717) is 11.6 Å². The van der Waals surface area contributed by atoms with E-state index in [4.69, 9.17) is 5.73 Å². The number of hydrogen-bond acceptors (Lipinski definition) is 4. The van der Waals surface area contributed by atoms with Crippen molar-refractivity contribution in [2.24, 2.45) is 5.73 Å². The predicted octanol–water partition coefficient (Wildman–Crippen LogP) is 2.16. The zero-order valence-corrected chi connectivity index (χ0v) is 15.2. The minimum absolute atomic E-state index is 0.0241. The van der Waals surface area contributed by atoms with Crippen molar-refractivity contribution in [1.29, 1.82) is 0 Å². The van der Waals surface area contributed by atoms with E-state index in [1.807, 2.05) is 0 Å². The van der Waals surface area contributed by atoms with E-state index in [9.17, 15) is 41.8 Å². The summed E-state index contributed by atoms with van der Waals surface area (Å²) in [5, 5.41) is 21.0. The van der Waals surface area contributed by atoms with Crippen LogP contribution in [0.2, 0.25) is 0 Å². The summed E-state index contributed by atoms with van der Waals surface area (Å²) < 4.78 is 66.4. The topological polar surface area (TPSA) is 113 Å². The van der Waals surface area contributed by atoms with Crippen molar-refractivity contribution < 1.29 is 41.8 Å². The van der Waals surface area contributed by atoms with Gasteiger partial charge < -0.3 is 21.3 Å². The van der Waals surface area contributed by atoms with E-state index in [-0.39, 0.29) is 12.5 Å². The van der Waals surface area contributed by atoms with E-state index in [0.717, 1.165) is 0 Å². The number of hydrogen-bond donors (Lipinski definition) is 4. The van der Waals surface area contributed by atoms with Gasteiger partial charge in [-0.2, -0.15) is 13.2 Å². The third-order valence-electron chi connectivity index (χ3n) is 4.24. The smallest absolute Gasteiger partial charge is 0.422 e. The fraction of sp³-hybridized carbons (Fsp3) is 0.263. The zero-order valence-electron chi connectivity index (χ0n) is 15.2. The third-order valence-corrected chi connectivity index (χ3v) is 4.24. The molecule has 0 fully saturated rings. The van der Waals surface area contributed by atoms with Crippen LogP contribution in [0.4, 0.5) is 22.0 Å². The van der Waals surface area contributed by atoms with Crippen molar-refractivity contribution in [3.05, 3.63) is 70.8 Å². The monoisotopic (exact) mass is 432 g/mol. The quantitative estimate of drug-likeness (QED) is 0.501. The summed E-state index contributed by atoms with van der Waals surface area (Å²) in [5.74, 6) is -7.39. The molecule has 0 aliphatic heterocycles. The van der Waals surface area contributed by atoms with Gasteiger partial charge in [0.25, 0.3) is 5.91 Å². The first-order valence-corrected chi connectivity index (χ1v) is 8.49. The van der Waals surface area contributed by atoms with E-state index in [2.05, 4.69) is 0 Å². The van der Waals surface area contributed by atoms with Gasteiger partial charge in [-0.1, -0.05) is 36.4 Å². The highest BCUT2D eigenvalue weighted by Gasteiger charge is 2.41. The number of rotatable bonds is 7. The van der Waals surface area contributed by atoms with Gasteiger partial charge in [-0.05, 0) is 18.1 Å². The van der Waals surface area contributed by atoms with Crippen molar-refractivity contribution in [2.45, 2.75) is 30.8 Å². The average Bonchev–Trinajstić information content (AvgIpc) is 2.65. The molecule has 0 spiro atoms. The Morgan fingerprint density at radius 1 is 1.07 bits per heavy atom. The van der Waals surface area contributed by atoms with Gasteiger partial charge in [0.1, 0.15) is 23.3 Å². The van der Waals surface area contributed by atoms with Crippen molar-refractivity contribution in [3.8, 4) is 0 Å². The van der Waals surface area contributed by atoms with Crippen molar-refractivity contribution in [1.82, 2.24) is 5.32 Å². The van der Waals surface area contributed by atoms with Gasteiger partial charge in [0.15, 0.2) is 6.04 Å². The van der Waals surface area contributed by atoms with E-state index in [1.54, 1.807) is 35.6 Å². The minimum Gasteiger partial charge on any atom is -0.479 e. The Bertz CT molecular complexity index is 921. The molecule has 0 aromatic heterocycles. The van der Waals surface area contributed by atoms with Gasteiger partial charge in [0.2, 0.25) is 0 Å². The van der Waals surface area contributed by atoms with E-state index >= 15 is 0 Å². The molecule has 162 valence electrons. The summed E-state index contributed by atoms with van der Waals surface area (Å²) in [6.45, 7) is 0. The molecule has 0 heterocycles. The zero-order chi connectivity index (χ0) is 22.6. The number of amides is 1. The summed E-state index contributed by atoms with van der Waals surface area (Å²) in [4.78, 5) is 23.6. The molecule has 2 rings (SSSR count). The highest BCUT2D eigenvalue weighted by atomic mass is 19.4. The lowest BCUT2D eigenvalue weighted by Gasteiger charge is -2.22. The molecule has 0 aliphatic rings. The van der Waals surface area contributed by atoms with Gasteiger partial charge in [0, 0.05) is 11.6 Å². The summed E-state index contributed by atoms with van der Waals surface area (Å²) in [5.41, 5.74) is 2.98. The number of benzene rings is 2. The maximum Gasteiger partial charge on any atom is 0.422 e. The molecule has 5 N–H and O–H groups in total. The highest BCUT2D eigenvalue weighted by molar-refractivity contribution is 5.87. The molecule has 0 saturated heterocycles. The minimum atomic E-state index is -5.44. The Labute approximate surface area is 167 Å². The number of nitrogens with two attached hydrogens (primary N) is 1. The van der Waals surface area contributed by atoms with Crippen LogP contribution in [-0.2, 0) is 22.2 Å². The molecule has 0 saturated carbocycles. The second-order valence-electron chi connectivity index (χ2n) is 6.40. The van der Waals surface area contributed by atoms with Crippen LogP contribution in [0.1, 0.15) is 22.7 Å². The van der Waals surface area contributed by atoms with Crippen molar-refractivity contribution >= 4 is 11.9 Å². The van der Waals surface area contributed by atoms with Gasteiger partial charge in [0.05, 0.1) is 0 Å². The van der Waals surface area contributed by atoms with Crippen LogP contribution < -0.4 is 11.1 Å². The molecule has 3 atom stereocenters. The van der Waals surface area contributed by atoms with Gasteiger partial charge >= 0.3 is 12.1 Å². The number of carboxylic acids is 1. The van der Waals surface area contributed by atoms with Crippen LogP contribution in [0, 0.1) is 11.6 Å². The van der Waals surface area contributed by atoms with Crippen LogP contribution in [0.15, 0.2) is 42.5 Å². The molecule has 1 amide bonds. The standard InChI is InChI=1S/C19H17F5N2O4/c20-11-7-6-10(14(21)13(11)19(22,23)24)15(18(29)30)26-17(28)16(27)12(25)8-9-4-2-1-3-5-9/h1-7,12,15-16,27H,8,25H2,(H,26,28)(H,29,30)/t12-,15-,16+/m1/s1. The molecule has 11 heteroatoms. The number of halogens is 5. The third kappa shape index (κ3) is 5.30.